The number of aliphatic hydroxyl groups excluding tert-OH is 5. The lowest BCUT2D eigenvalue weighted by Crippen LogP contribution is -2.60. The van der Waals surface area contributed by atoms with E-state index in [1.165, 1.54) is 0 Å². The number of aliphatic hydroxyl groups is 5. The maximum Gasteiger partial charge on any atom is 0.335 e. The summed E-state index contributed by atoms with van der Waals surface area (Å²) in [5.41, 5.74) is 0. The van der Waals surface area contributed by atoms with E-state index in [9.17, 15) is 20.1 Å². The van der Waals surface area contributed by atoms with Gasteiger partial charge < -0.3 is 40.1 Å². The second-order valence-corrected chi connectivity index (χ2v) is 3.84. The van der Waals surface area contributed by atoms with Crippen molar-refractivity contribution in [1.29, 1.82) is 0 Å². The molecule has 6 atom stereocenters. The van der Waals surface area contributed by atoms with Gasteiger partial charge in [0.1, 0.15) is 24.4 Å². The van der Waals surface area contributed by atoms with E-state index in [2.05, 4.69) is 0 Å². The summed E-state index contributed by atoms with van der Waals surface area (Å²) in [4.78, 5) is 10.6. The predicted molar refractivity (Wildman–Crippen MR) is 53.4 cm³/mol. The Balaban J connectivity index is 2.72. The number of hydrogen-bond acceptors (Lipinski definition) is 8. The average Bonchev–Trinajstić information content (AvgIpc) is 2.35. The molecule has 0 aliphatic carbocycles. The second kappa shape index (κ2) is 6.38. The number of carboxylic acids is 1. The lowest BCUT2D eigenvalue weighted by Gasteiger charge is -2.40. The Morgan fingerprint density at radius 3 is 2.22 bits per heavy atom. The molecule has 0 saturated carbocycles. The molecular formula is C9H16O9. The summed E-state index contributed by atoms with van der Waals surface area (Å²) in [5, 5.41) is 54.7. The first-order valence-electron chi connectivity index (χ1n) is 5.22. The van der Waals surface area contributed by atoms with Gasteiger partial charge in [0.2, 0.25) is 0 Å². The van der Waals surface area contributed by atoms with Crippen LogP contribution in [0.5, 0.6) is 0 Å². The summed E-state index contributed by atoms with van der Waals surface area (Å²) in [6.45, 7) is -1.51. The van der Waals surface area contributed by atoms with Gasteiger partial charge in [-0.3, -0.25) is 0 Å². The molecule has 1 fully saturated rings. The van der Waals surface area contributed by atoms with Crippen LogP contribution < -0.4 is 0 Å². The number of hydrogen-bond donors (Lipinski definition) is 6. The summed E-state index contributed by atoms with van der Waals surface area (Å²) in [7, 11) is 0. The smallest absolute Gasteiger partial charge is 0.335 e. The largest absolute Gasteiger partial charge is 0.479 e. The van der Waals surface area contributed by atoms with Gasteiger partial charge in [-0.15, -0.1) is 0 Å². The average molecular weight is 268 g/mol. The van der Waals surface area contributed by atoms with Crippen molar-refractivity contribution in [3.63, 3.8) is 0 Å². The van der Waals surface area contributed by atoms with Gasteiger partial charge >= 0.3 is 5.97 Å². The van der Waals surface area contributed by atoms with E-state index in [1.54, 1.807) is 0 Å². The third-order valence-electron chi connectivity index (χ3n) is 2.59. The van der Waals surface area contributed by atoms with E-state index >= 15 is 0 Å². The minimum Gasteiger partial charge on any atom is -0.479 e. The molecule has 1 heterocycles. The van der Waals surface area contributed by atoms with E-state index in [4.69, 9.17) is 24.8 Å². The Kier molecular flexibility index (Phi) is 5.41. The maximum atomic E-state index is 10.6. The van der Waals surface area contributed by atoms with Gasteiger partial charge in [-0.05, 0) is 0 Å². The third-order valence-corrected chi connectivity index (χ3v) is 2.59. The molecule has 9 heteroatoms. The van der Waals surface area contributed by atoms with Crippen LogP contribution in [0.25, 0.3) is 0 Å². The van der Waals surface area contributed by atoms with Crippen LogP contribution in [-0.2, 0) is 14.3 Å². The number of aliphatic carboxylic acids is 1. The van der Waals surface area contributed by atoms with Crippen molar-refractivity contribution in [2.75, 3.05) is 13.2 Å². The Labute approximate surface area is 102 Å². The first-order valence-corrected chi connectivity index (χ1v) is 5.22. The molecule has 106 valence electrons. The highest BCUT2D eigenvalue weighted by atomic mass is 16.7. The normalized spacial score (nSPS) is 38.4. The standard InChI is InChI=1S/C9H16O9/c10-1-3-5(12)6(13)7(14)9(17-3)18-4(2-11)8(15)16/h3-7,9-14H,1-2H2,(H,15,16)/t3-,4+,5-,6+,7+,9-/m1/s1. The van der Waals surface area contributed by atoms with Gasteiger partial charge in [-0.25, -0.2) is 4.79 Å². The van der Waals surface area contributed by atoms with Gasteiger partial charge in [0.05, 0.1) is 13.2 Å². The van der Waals surface area contributed by atoms with Crippen LogP contribution in [0.3, 0.4) is 0 Å². The molecule has 0 amide bonds. The molecule has 0 aromatic heterocycles. The zero-order chi connectivity index (χ0) is 13.9. The molecule has 0 spiro atoms. The second-order valence-electron chi connectivity index (χ2n) is 3.84. The Morgan fingerprint density at radius 2 is 1.78 bits per heavy atom. The first kappa shape index (κ1) is 15.2. The van der Waals surface area contributed by atoms with Crippen LogP contribution in [0.1, 0.15) is 0 Å². The fraction of sp³-hybridized carbons (Fsp3) is 0.889. The lowest BCUT2D eigenvalue weighted by atomic mass is 9.99. The van der Waals surface area contributed by atoms with E-state index in [1.807, 2.05) is 0 Å². The van der Waals surface area contributed by atoms with Crippen molar-refractivity contribution in [2.24, 2.45) is 0 Å². The molecule has 9 nitrogen and oxygen atoms in total. The van der Waals surface area contributed by atoms with E-state index in [-0.39, 0.29) is 0 Å². The van der Waals surface area contributed by atoms with Gasteiger partial charge in [0, 0.05) is 0 Å². The molecule has 1 saturated heterocycles. The van der Waals surface area contributed by atoms with Gasteiger partial charge in [-0.1, -0.05) is 0 Å². The molecule has 1 rings (SSSR count). The fourth-order valence-electron chi connectivity index (χ4n) is 1.52. The Bertz CT molecular complexity index is 281. The molecular weight excluding hydrogens is 252 g/mol. The van der Waals surface area contributed by atoms with Crippen molar-refractivity contribution < 1.29 is 44.9 Å². The minimum atomic E-state index is -1.70. The monoisotopic (exact) mass is 268 g/mol. The van der Waals surface area contributed by atoms with E-state index in [0.29, 0.717) is 0 Å². The van der Waals surface area contributed by atoms with E-state index < -0.39 is 56.0 Å². The van der Waals surface area contributed by atoms with Gasteiger partial charge in [0.25, 0.3) is 0 Å². The van der Waals surface area contributed by atoms with Crippen molar-refractivity contribution in [3.8, 4) is 0 Å². The van der Waals surface area contributed by atoms with E-state index in [0.717, 1.165) is 0 Å². The quantitative estimate of drug-likeness (QED) is 0.294. The number of rotatable bonds is 5. The highest BCUT2D eigenvalue weighted by Crippen LogP contribution is 2.22. The molecule has 0 aromatic carbocycles. The summed E-state index contributed by atoms with van der Waals surface area (Å²) < 4.78 is 9.67. The molecule has 18 heavy (non-hydrogen) atoms. The maximum absolute atomic E-state index is 10.6. The van der Waals surface area contributed by atoms with Crippen LogP contribution in [0.4, 0.5) is 0 Å². The number of carbonyl (C=O) groups is 1. The summed E-state index contributed by atoms with van der Waals surface area (Å²) >= 11 is 0. The van der Waals surface area contributed by atoms with Crippen LogP contribution in [0, 0.1) is 0 Å². The van der Waals surface area contributed by atoms with Gasteiger partial charge in [0.15, 0.2) is 12.4 Å². The van der Waals surface area contributed by atoms with Crippen LogP contribution in [-0.4, -0.2) is 86.6 Å². The summed E-state index contributed by atoms with van der Waals surface area (Å²) in [6.07, 6.45) is -9.32. The first-order chi connectivity index (χ1) is 8.42. The third kappa shape index (κ3) is 3.14. The zero-order valence-electron chi connectivity index (χ0n) is 9.29. The van der Waals surface area contributed by atoms with Crippen molar-refractivity contribution in [2.45, 2.75) is 36.8 Å². The van der Waals surface area contributed by atoms with Crippen LogP contribution in [0.15, 0.2) is 0 Å². The summed E-state index contributed by atoms with van der Waals surface area (Å²) in [6, 6.07) is 0. The molecule has 0 radical (unpaired) electrons. The van der Waals surface area contributed by atoms with Crippen LogP contribution >= 0.6 is 0 Å². The molecule has 0 unspecified atom stereocenters. The van der Waals surface area contributed by atoms with Crippen molar-refractivity contribution in [1.82, 2.24) is 0 Å². The predicted octanol–water partition coefficient (Wildman–Crippen LogP) is -3.75. The zero-order valence-corrected chi connectivity index (χ0v) is 9.29. The SMILES string of the molecule is O=C(O)[C@H](CO)O[C@H]1O[C@H](CO)[C@@H](O)[C@H](O)[C@@H]1O. The molecule has 1 aliphatic rings. The van der Waals surface area contributed by atoms with Gasteiger partial charge in [-0.2, -0.15) is 0 Å². The highest BCUT2D eigenvalue weighted by molar-refractivity contribution is 5.72. The Hall–Kier alpha value is -0.810. The highest BCUT2D eigenvalue weighted by Gasteiger charge is 2.45. The van der Waals surface area contributed by atoms with Crippen LogP contribution in [0.2, 0.25) is 0 Å². The number of carboxylic acid groups (broad SMARTS) is 1. The summed E-state index contributed by atoms with van der Waals surface area (Å²) in [5.74, 6) is -1.48. The molecule has 6 N–H and O–H groups in total. The topological polar surface area (TPSA) is 157 Å². The van der Waals surface area contributed by atoms with Crippen molar-refractivity contribution >= 4 is 5.97 Å². The molecule has 0 aromatic rings. The lowest BCUT2D eigenvalue weighted by molar-refractivity contribution is -0.311. The van der Waals surface area contributed by atoms with Crippen molar-refractivity contribution in [3.05, 3.63) is 0 Å². The number of ether oxygens (including phenoxy) is 2. The molecule has 1 aliphatic heterocycles. The Morgan fingerprint density at radius 1 is 1.17 bits per heavy atom. The fourth-order valence-corrected chi connectivity index (χ4v) is 1.52. The molecule has 0 bridgehead atoms. The minimum absolute atomic E-state index is 0.651.